The van der Waals surface area contributed by atoms with Crippen molar-refractivity contribution >= 4 is 40.4 Å². The van der Waals surface area contributed by atoms with Crippen LogP contribution in [0.3, 0.4) is 0 Å². The summed E-state index contributed by atoms with van der Waals surface area (Å²) in [6.45, 7) is 0.101. The van der Waals surface area contributed by atoms with Gasteiger partial charge in [0.25, 0.3) is 11.8 Å². The Balaban J connectivity index is 1.77. The Bertz CT molecular complexity index is 981. The lowest BCUT2D eigenvalue weighted by Crippen LogP contribution is -2.24. The van der Waals surface area contributed by atoms with Crippen LogP contribution in [0.5, 0.6) is 0 Å². The van der Waals surface area contributed by atoms with Crippen molar-refractivity contribution in [3.05, 3.63) is 75.0 Å². The molecule has 2 amide bonds. The Morgan fingerprint density at radius 1 is 1.11 bits per heavy atom. The zero-order chi connectivity index (χ0) is 19.4. The van der Waals surface area contributed by atoms with Crippen LogP contribution < -0.4 is 10.6 Å². The molecule has 0 aliphatic rings. The molecule has 3 rings (SSSR count). The van der Waals surface area contributed by atoms with E-state index in [-0.39, 0.29) is 17.9 Å². The molecule has 0 radical (unpaired) electrons. The summed E-state index contributed by atoms with van der Waals surface area (Å²) in [7, 11) is 0. The van der Waals surface area contributed by atoms with E-state index in [2.05, 4.69) is 20.6 Å². The minimum absolute atomic E-state index is 0.0158. The van der Waals surface area contributed by atoms with Gasteiger partial charge in [-0.05, 0) is 18.2 Å². The Morgan fingerprint density at radius 2 is 1.93 bits per heavy atom. The van der Waals surface area contributed by atoms with Crippen molar-refractivity contribution in [2.45, 2.75) is 6.54 Å². The van der Waals surface area contributed by atoms with Crippen molar-refractivity contribution in [3.8, 4) is 0 Å². The average molecular weight is 409 g/mol. The van der Waals surface area contributed by atoms with Gasteiger partial charge >= 0.3 is 0 Å². The highest BCUT2D eigenvalue weighted by Gasteiger charge is 2.18. The number of hydrogen-bond acceptors (Lipinski definition) is 5. The van der Waals surface area contributed by atoms with E-state index in [1.165, 1.54) is 29.7 Å². The molecule has 0 bridgehead atoms. The number of amides is 2. The number of hydrogen-bond donors (Lipinski definition) is 2. The molecule has 0 spiro atoms. The van der Waals surface area contributed by atoms with Crippen LogP contribution in [-0.4, -0.2) is 21.8 Å². The molecular weight excluding hydrogens is 398 g/mol. The molecule has 1 aromatic carbocycles. The first kappa shape index (κ1) is 18.9. The normalized spacial score (nSPS) is 10.5. The predicted molar refractivity (Wildman–Crippen MR) is 96.8 cm³/mol. The number of thiazole rings is 1. The first-order valence-electron chi connectivity index (χ1n) is 7.52. The molecule has 138 valence electrons. The molecule has 0 saturated heterocycles. The number of nitrogens with one attached hydrogen (secondary N) is 2. The average Bonchev–Trinajstić information content (AvgIpc) is 3.16. The second-order valence-corrected chi connectivity index (χ2v) is 6.65. The quantitative estimate of drug-likeness (QED) is 0.675. The number of rotatable bonds is 5. The molecule has 3 aromatic rings. The fourth-order valence-corrected chi connectivity index (χ4v) is 2.77. The fraction of sp³-hybridized carbons (Fsp3) is 0.0588. The van der Waals surface area contributed by atoms with Gasteiger partial charge in [0, 0.05) is 23.8 Å². The third-order valence-electron chi connectivity index (χ3n) is 3.39. The summed E-state index contributed by atoms with van der Waals surface area (Å²) in [5.41, 5.74) is -0.775. The van der Waals surface area contributed by atoms with Crippen LogP contribution in [0.25, 0.3) is 0 Å². The van der Waals surface area contributed by atoms with E-state index < -0.39 is 29.0 Å². The molecule has 0 unspecified atom stereocenters. The summed E-state index contributed by atoms with van der Waals surface area (Å²) >= 11 is 7.02. The van der Waals surface area contributed by atoms with Gasteiger partial charge in [-0.15, -0.1) is 11.3 Å². The minimum atomic E-state index is -1.05. The predicted octanol–water partition coefficient (Wildman–Crippen LogP) is 3.65. The lowest BCUT2D eigenvalue weighted by atomic mass is 10.1. The molecule has 10 heteroatoms. The van der Waals surface area contributed by atoms with Crippen molar-refractivity contribution in [1.29, 1.82) is 0 Å². The number of halogens is 3. The van der Waals surface area contributed by atoms with E-state index in [0.29, 0.717) is 16.1 Å². The Kier molecular flexibility index (Phi) is 5.72. The van der Waals surface area contributed by atoms with Gasteiger partial charge in [-0.3, -0.25) is 9.59 Å². The number of anilines is 1. The van der Waals surface area contributed by atoms with Gasteiger partial charge in [0.1, 0.15) is 22.3 Å². The number of carbonyl (C=O) groups excluding carboxylic acids is 2. The van der Waals surface area contributed by atoms with Gasteiger partial charge < -0.3 is 10.6 Å². The van der Waals surface area contributed by atoms with Crippen LogP contribution in [-0.2, 0) is 6.54 Å². The summed E-state index contributed by atoms with van der Waals surface area (Å²) in [5, 5.41) is 7.45. The van der Waals surface area contributed by atoms with E-state index in [4.69, 9.17) is 11.6 Å². The van der Waals surface area contributed by atoms with Crippen molar-refractivity contribution in [1.82, 2.24) is 15.3 Å². The van der Waals surface area contributed by atoms with Gasteiger partial charge in [0.05, 0.1) is 22.8 Å². The number of carbonyl (C=O) groups is 2. The third kappa shape index (κ3) is 4.63. The van der Waals surface area contributed by atoms with Crippen LogP contribution in [0.15, 0.2) is 42.0 Å². The molecule has 0 aliphatic heterocycles. The van der Waals surface area contributed by atoms with Crippen LogP contribution in [0.2, 0.25) is 5.02 Å². The maximum Gasteiger partial charge on any atom is 0.274 e. The van der Waals surface area contributed by atoms with Gasteiger partial charge in [-0.1, -0.05) is 11.6 Å². The number of aromatic nitrogens is 2. The smallest absolute Gasteiger partial charge is 0.274 e. The van der Waals surface area contributed by atoms with Gasteiger partial charge in [-0.25, -0.2) is 18.7 Å². The van der Waals surface area contributed by atoms with E-state index in [9.17, 15) is 18.4 Å². The monoisotopic (exact) mass is 408 g/mol. The molecule has 0 atom stereocenters. The van der Waals surface area contributed by atoms with Gasteiger partial charge in [0.2, 0.25) is 0 Å². The zero-order valence-corrected chi connectivity index (χ0v) is 15.1. The first-order chi connectivity index (χ1) is 12.9. The summed E-state index contributed by atoms with van der Waals surface area (Å²) in [6, 6.07) is 4.25. The van der Waals surface area contributed by atoms with Gasteiger partial charge in [0.15, 0.2) is 0 Å². The summed E-state index contributed by atoms with van der Waals surface area (Å²) < 4.78 is 28.0. The molecule has 27 heavy (non-hydrogen) atoms. The lowest BCUT2D eigenvalue weighted by Gasteiger charge is -2.10. The SMILES string of the molecule is O=C(Nc1cc(C(=O)NCc2nccs2)c(F)cc1F)c1ccc(Cl)cn1. The van der Waals surface area contributed by atoms with E-state index >= 15 is 0 Å². The van der Waals surface area contributed by atoms with E-state index in [1.807, 2.05) is 0 Å². The van der Waals surface area contributed by atoms with E-state index in [0.717, 1.165) is 6.07 Å². The van der Waals surface area contributed by atoms with Crippen LogP contribution in [0.1, 0.15) is 25.9 Å². The van der Waals surface area contributed by atoms with Crippen molar-refractivity contribution in [2.75, 3.05) is 5.32 Å². The maximum atomic E-state index is 14.0. The molecule has 2 aromatic heterocycles. The lowest BCUT2D eigenvalue weighted by molar-refractivity contribution is 0.0945. The number of pyridine rings is 1. The zero-order valence-electron chi connectivity index (χ0n) is 13.5. The van der Waals surface area contributed by atoms with Crippen LogP contribution in [0.4, 0.5) is 14.5 Å². The first-order valence-corrected chi connectivity index (χ1v) is 8.78. The number of benzene rings is 1. The highest BCUT2D eigenvalue weighted by molar-refractivity contribution is 7.09. The Morgan fingerprint density at radius 3 is 2.59 bits per heavy atom. The van der Waals surface area contributed by atoms with E-state index in [1.54, 1.807) is 11.6 Å². The van der Waals surface area contributed by atoms with Crippen LogP contribution >= 0.6 is 22.9 Å². The topological polar surface area (TPSA) is 84.0 Å². The minimum Gasteiger partial charge on any atom is -0.345 e. The standard InChI is InChI=1S/C17H11ClF2N4O2S/c18-9-1-2-13(22-7-9)17(26)24-14-5-10(11(19)6-12(14)20)16(25)23-8-15-21-3-4-27-15/h1-7H,8H2,(H,23,25)(H,24,26). The number of nitrogens with zero attached hydrogens (tertiary/aromatic N) is 2. The Hall–Kier alpha value is -2.91. The third-order valence-corrected chi connectivity index (χ3v) is 4.40. The van der Waals surface area contributed by atoms with Crippen molar-refractivity contribution < 1.29 is 18.4 Å². The molecule has 2 N–H and O–H groups in total. The molecule has 0 saturated carbocycles. The fourth-order valence-electron chi connectivity index (χ4n) is 2.11. The molecule has 6 nitrogen and oxygen atoms in total. The Labute approximate surface area is 161 Å². The van der Waals surface area contributed by atoms with Crippen molar-refractivity contribution in [3.63, 3.8) is 0 Å². The largest absolute Gasteiger partial charge is 0.345 e. The summed E-state index contributed by atoms with van der Waals surface area (Å²) in [5.74, 6) is -3.56. The highest BCUT2D eigenvalue weighted by atomic mass is 35.5. The molecular formula is C17H11ClF2N4O2S. The van der Waals surface area contributed by atoms with Crippen LogP contribution in [0, 0.1) is 11.6 Å². The van der Waals surface area contributed by atoms with Gasteiger partial charge in [-0.2, -0.15) is 0 Å². The molecule has 0 fully saturated rings. The second kappa shape index (κ2) is 8.19. The second-order valence-electron chi connectivity index (χ2n) is 5.24. The van der Waals surface area contributed by atoms with Crippen molar-refractivity contribution in [2.24, 2.45) is 0 Å². The summed E-state index contributed by atoms with van der Waals surface area (Å²) in [4.78, 5) is 32.1. The molecule has 2 heterocycles. The maximum absolute atomic E-state index is 14.0. The molecule has 0 aliphatic carbocycles. The highest BCUT2D eigenvalue weighted by Crippen LogP contribution is 2.21. The summed E-state index contributed by atoms with van der Waals surface area (Å²) in [6.07, 6.45) is 2.83.